The maximum atomic E-state index is 11.1. The number of nitrogens with two attached hydrogens (primary N) is 1. The van der Waals surface area contributed by atoms with E-state index in [1.807, 2.05) is 19.0 Å². The molecule has 0 radical (unpaired) electrons. The summed E-state index contributed by atoms with van der Waals surface area (Å²) < 4.78 is 0. The molecule has 0 aliphatic heterocycles. The predicted molar refractivity (Wildman–Crippen MR) is 54.1 cm³/mol. The van der Waals surface area contributed by atoms with Gasteiger partial charge >= 0.3 is 0 Å². The average molecular weight is 185 g/mol. The summed E-state index contributed by atoms with van der Waals surface area (Å²) in [5.74, 6) is -0.175. The van der Waals surface area contributed by atoms with Crippen LogP contribution in [-0.4, -0.2) is 37.6 Å². The molecule has 4 nitrogen and oxygen atoms in total. The van der Waals surface area contributed by atoms with Gasteiger partial charge in [-0.05, 0) is 27.4 Å². The van der Waals surface area contributed by atoms with Gasteiger partial charge in [-0.2, -0.15) is 0 Å². The Morgan fingerprint density at radius 1 is 1.62 bits per heavy atom. The summed E-state index contributed by atoms with van der Waals surface area (Å²) in [5.41, 5.74) is 6.15. The number of hydrogen-bond acceptors (Lipinski definition) is 3. The molecule has 0 heterocycles. The Kier molecular flexibility index (Phi) is 5.34. The van der Waals surface area contributed by atoms with Crippen LogP contribution in [0.2, 0.25) is 0 Å². The van der Waals surface area contributed by atoms with Crippen molar-refractivity contribution in [2.24, 2.45) is 5.73 Å². The lowest BCUT2D eigenvalue weighted by Gasteiger charge is -2.16. The largest absolute Gasteiger partial charge is 0.337 e. The second-order valence-corrected chi connectivity index (χ2v) is 3.45. The fourth-order valence-corrected chi connectivity index (χ4v) is 0.761. The van der Waals surface area contributed by atoms with Crippen LogP contribution in [0.25, 0.3) is 0 Å². The summed E-state index contributed by atoms with van der Waals surface area (Å²) in [6.45, 7) is 6.04. The van der Waals surface area contributed by atoms with E-state index in [2.05, 4.69) is 11.9 Å². The third kappa shape index (κ3) is 6.31. The Balaban J connectivity index is 3.68. The molecule has 0 aliphatic rings. The van der Waals surface area contributed by atoms with Gasteiger partial charge in [0.05, 0.1) is 6.17 Å². The molecule has 0 aromatic carbocycles. The first-order valence-corrected chi connectivity index (χ1v) is 4.30. The third-order valence-electron chi connectivity index (χ3n) is 1.59. The molecule has 0 saturated carbocycles. The molecule has 0 saturated heterocycles. The van der Waals surface area contributed by atoms with Crippen LogP contribution >= 0.6 is 0 Å². The molecule has 1 unspecified atom stereocenters. The third-order valence-corrected chi connectivity index (χ3v) is 1.59. The van der Waals surface area contributed by atoms with E-state index >= 15 is 0 Å². The zero-order valence-corrected chi connectivity index (χ0v) is 8.63. The van der Waals surface area contributed by atoms with Crippen LogP contribution in [0.15, 0.2) is 12.2 Å². The summed E-state index contributed by atoms with van der Waals surface area (Å²) in [5, 5.41) is 2.65. The lowest BCUT2D eigenvalue weighted by Crippen LogP contribution is -2.43. The predicted octanol–water partition coefficient (Wildman–Crippen LogP) is -0.0848. The molecule has 76 valence electrons. The highest BCUT2D eigenvalue weighted by atomic mass is 16.1. The number of rotatable bonds is 5. The van der Waals surface area contributed by atoms with E-state index in [1.54, 1.807) is 6.92 Å². The van der Waals surface area contributed by atoms with E-state index in [1.165, 1.54) is 0 Å². The molecule has 13 heavy (non-hydrogen) atoms. The van der Waals surface area contributed by atoms with E-state index in [-0.39, 0.29) is 12.1 Å². The van der Waals surface area contributed by atoms with E-state index in [0.717, 1.165) is 13.0 Å². The lowest BCUT2D eigenvalue weighted by molar-refractivity contribution is -0.118. The molecule has 0 bridgehead atoms. The van der Waals surface area contributed by atoms with Crippen molar-refractivity contribution in [3.05, 3.63) is 12.2 Å². The fourth-order valence-electron chi connectivity index (χ4n) is 0.761. The molecule has 4 heteroatoms. The van der Waals surface area contributed by atoms with Gasteiger partial charge < -0.3 is 16.0 Å². The normalized spacial score (nSPS) is 12.7. The smallest absolute Gasteiger partial charge is 0.247 e. The van der Waals surface area contributed by atoms with Gasteiger partial charge in [0.2, 0.25) is 5.91 Å². The van der Waals surface area contributed by atoms with E-state index < -0.39 is 0 Å². The standard InChI is InChI=1S/C9H19N3O/c1-7(2)9(13)11-8(10)5-6-12(3)4/h8H,1,5-6,10H2,2-4H3,(H,11,13). The molecule has 0 fully saturated rings. The highest BCUT2D eigenvalue weighted by molar-refractivity contribution is 5.92. The minimum Gasteiger partial charge on any atom is -0.337 e. The molecule has 0 aliphatic carbocycles. The number of hydrogen-bond donors (Lipinski definition) is 2. The van der Waals surface area contributed by atoms with Gasteiger partial charge in [0.15, 0.2) is 0 Å². The van der Waals surface area contributed by atoms with Gasteiger partial charge in [0.25, 0.3) is 0 Å². The molecule has 0 rings (SSSR count). The topological polar surface area (TPSA) is 58.4 Å². The van der Waals surface area contributed by atoms with Crippen LogP contribution < -0.4 is 11.1 Å². The van der Waals surface area contributed by atoms with Gasteiger partial charge in [0.1, 0.15) is 0 Å². The van der Waals surface area contributed by atoms with Crippen LogP contribution in [-0.2, 0) is 4.79 Å². The summed E-state index contributed by atoms with van der Waals surface area (Å²) in [7, 11) is 3.93. The number of carbonyl (C=O) groups excluding carboxylic acids is 1. The van der Waals surface area contributed by atoms with Crippen LogP contribution in [0.4, 0.5) is 0 Å². The van der Waals surface area contributed by atoms with Crippen LogP contribution in [0.1, 0.15) is 13.3 Å². The number of carbonyl (C=O) groups is 1. The zero-order valence-electron chi connectivity index (χ0n) is 8.63. The second-order valence-electron chi connectivity index (χ2n) is 3.45. The van der Waals surface area contributed by atoms with Gasteiger partial charge in [-0.3, -0.25) is 4.79 Å². The number of amides is 1. The Hall–Kier alpha value is -0.870. The maximum absolute atomic E-state index is 11.1. The highest BCUT2D eigenvalue weighted by Crippen LogP contribution is 1.90. The monoisotopic (exact) mass is 185 g/mol. The van der Waals surface area contributed by atoms with Crippen molar-refractivity contribution in [3.63, 3.8) is 0 Å². The average Bonchev–Trinajstić information content (AvgIpc) is 2.00. The summed E-state index contributed by atoms with van der Waals surface area (Å²) in [6, 6.07) is 0. The van der Waals surface area contributed by atoms with Gasteiger partial charge in [0, 0.05) is 12.1 Å². The fraction of sp³-hybridized carbons (Fsp3) is 0.667. The SMILES string of the molecule is C=C(C)C(=O)NC(N)CCN(C)C. The maximum Gasteiger partial charge on any atom is 0.247 e. The first kappa shape index (κ1) is 12.1. The van der Waals surface area contributed by atoms with Crippen molar-refractivity contribution >= 4 is 5.91 Å². The van der Waals surface area contributed by atoms with E-state index in [0.29, 0.717) is 5.57 Å². The van der Waals surface area contributed by atoms with Crippen molar-refractivity contribution < 1.29 is 4.79 Å². The quantitative estimate of drug-likeness (QED) is 0.465. The van der Waals surface area contributed by atoms with Gasteiger partial charge in [-0.15, -0.1) is 0 Å². The van der Waals surface area contributed by atoms with Gasteiger partial charge in [-0.25, -0.2) is 0 Å². The zero-order chi connectivity index (χ0) is 10.4. The molecule has 1 atom stereocenters. The van der Waals surface area contributed by atoms with Crippen LogP contribution in [0.5, 0.6) is 0 Å². The van der Waals surface area contributed by atoms with Crippen molar-refractivity contribution in [2.75, 3.05) is 20.6 Å². The van der Waals surface area contributed by atoms with Crippen LogP contribution in [0, 0.1) is 0 Å². The number of nitrogens with zero attached hydrogens (tertiary/aromatic N) is 1. The molecule has 0 aromatic rings. The number of nitrogens with one attached hydrogen (secondary N) is 1. The van der Waals surface area contributed by atoms with Crippen molar-refractivity contribution in [1.29, 1.82) is 0 Å². The van der Waals surface area contributed by atoms with E-state index in [4.69, 9.17) is 5.73 Å². The Bertz CT molecular complexity index is 189. The van der Waals surface area contributed by atoms with Crippen molar-refractivity contribution in [1.82, 2.24) is 10.2 Å². The Morgan fingerprint density at radius 2 is 2.15 bits per heavy atom. The molecule has 1 amide bonds. The van der Waals surface area contributed by atoms with Crippen molar-refractivity contribution in [3.8, 4) is 0 Å². The molecular formula is C9H19N3O. The van der Waals surface area contributed by atoms with E-state index in [9.17, 15) is 4.79 Å². The highest BCUT2D eigenvalue weighted by Gasteiger charge is 2.07. The van der Waals surface area contributed by atoms with Gasteiger partial charge in [-0.1, -0.05) is 6.58 Å². The Morgan fingerprint density at radius 3 is 2.54 bits per heavy atom. The summed E-state index contributed by atoms with van der Waals surface area (Å²) >= 11 is 0. The first-order valence-electron chi connectivity index (χ1n) is 4.30. The molecule has 3 N–H and O–H groups in total. The minimum absolute atomic E-state index is 0.175. The second kappa shape index (κ2) is 5.72. The molecule has 0 aromatic heterocycles. The van der Waals surface area contributed by atoms with Crippen LogP contribution in [0.3, 0.4) is 0 Å². The first-order chi connectivity index (χ1) is 5.93. The minimum atomic E-state index is -0.286. The summed E-state index contributed by atoms with van der Waals surface area (Å²) in [4.78, 5) is 13.1. The molecule has 0 spiro atoms. The summed E-state index contributed by atoms with van der Waals surface area (Å²) in [6.07, 6.45) is 0.457. The Labute approximate surface area is 79.8 Å². The van der Waals surface area contributed by atoms with Crippen molar-refractivity contribution in [2.45, 2.75) is 19.5 Å². The molecular weight excluding hydrogens is 166 g/mol. The lowest BCUT2D eigenvalue weighted by atomic mass is 10.3.